The number of carbonyl (C=O) groups is 2. The molecule has 0 aliphatic heterocycles. The molecule has 1 rings (SSSR count). The lowest BCUT2D eigenvalue weighted by Gasteiger charge is -2.13. The molecule has 1 unspecified atom stereocenters. The van der Waals surface area contributed by atoms with Crippen molar-refractivity contribution in [1.82, 2.24) is 0 Å². The maximum Gasteiger partial charge on any atom is 0.329 e. The number of carbonyl (C=O) groups excluding carboxylic acids is 2. The molecule has 0 spiro atoms. The minimum Gasteiger partial charge on any atom is -0.466 e. The Bertz CT molecular complexity index is 654. The molecular weight excluding hydrogens is 349 g/mol. The van der Waals surface area contributed by atoms with Crippen LogP contribution in [0.15, 0.2) is 42.0 Å². The Morgan fingerprint density at radius 2 is 1.88 bits per heavy atom. The topological polar surface area (TPSA) is 136 Å². The monoisotopic (exact) mass is 371 g/mol. The Labute approximate surface area is 145 Å². The van der Waals surface area contributed by atoms with E-state index in [0.717, 1.165) is 5.56 Å². The minimum atomic E-state index is -4.35. The van der Waals surface area contributed by atoms with Gasteiger partial charge in [0.25, 0.3) is 0 Å². The molecule has 0 aliphatic carbocycles. The predicted molar refractivity (Wildman–Crippen MR) is 90.5 cm³/mol. The van der Waals surface area contributed by atoms with Crippen molar-refractivity contribution < 1.29 is 33.4 Å². The molecule has 25 heavy (non-hydrogen) atoms. The van der Waals surface area contributed by atoms with E-state index in [9.17, 15) is 14.2 Å². The second kappa shape index (κ2) is 10.1. The highest BCUT2D eigenvalue weighted by atomic mass is 31.2. The molecule has 138 valence electrons. The van der Waals surface area contributed by atoms with Crippen molar-refractivity contribution >= 4 is 19.5 Å². The van der Waals surface area contributed by atoms with Crippen LogP contribution in [0, 0.1) is 0 Å². The third-order valence-corrected chi connectivity index (χ3v) is 3.87. The van der Waals surface area contributed by atoms with Crippen molar-refractivity contribution in [3.8, 4) is 0 Å². The number of rotatable bonds is 9. The Morgan fingerprint density at radius 3 is 2.44 bits per heavy atom. The second-order valence-electron chi connectivity index (χ2n) is 5.36. The van der Waals surface area contributed by atoms with Crippen LogP contribution >= 0.6 is 7.60 Å². The SMILES string of the molecule is CC(=O)OCCC(=CC(N)C(=O)OCc1ccccc1)CP(=O)(O)O. The van der Waals surface area contributed by atoms with Crippen LogP contribution in [0.4, 0.5) is 0 Å². The third kappa shape index (κ3) is 9.79. The molecule has 0 heterocycles. The van der Waals surface area contributed by atoms with Crippen molar-refractivity contribution in [3.05, 3.63) is 47.5 Å². The van der Waals surface area contributed by atoms with Gasteiger partial charge in [-0.2, -0.15) is 0 Å². The molecule has 0 aliphatic rings. The van der Waals surface area contributed by atoms with Gasteiger partial charge in [-0.05, 0) is 5.56 Å². The van der Waals surface area contributed by atoms with E-state index < -0.39 is 31.7 Å². The molecule has 8 nitrogen and oxygen atoms in total. The van der Waals surface area contributed by atoms with Gasteiger partial charge in [-0.15, -0.1) is 0 Å². The van der Waals surface area contributed by atoms with Gasteiger partial charge in [-0.25, -0.2) is 0 Å². The van der Waals surface area contributed by atoms with Crippen LogP contribution in [0.3, 0.4) is 0 Å². The van der Waals surface area contributed by atoms with E-state index in [2.05, 4.69) is 0 Å². The first-order chi connectivity index (χ1) is 11.7. The maximum atomic E-state index is 11.9. The summed E-state index contributed by atoms with van der Waals surface area (Å²) in [4.78, 5) is 40.9. The Balaban J connectivity index is 2.67. The second-order valence-corrected chi connectivity index (χ2v) is 7.00. The van der Waals surface area contributed by atoms with Gasteiger partial charge >= 0.3 is 19.5 Å². The van der Waals surface area contributed by atoms with Crippen molar-refractivity contribution in [1.29, 1.82) is 0 Å². The van der Waals surface area contributed by atoms with E-state index in [1.165, 1.54) is 13.0 Å². The molecule has 1 atom stereocenters. The molecular formula is C16H22NO7P. The van der Waals surface area contributed by atoms with Gasteiger partial charge in [0.05, 0.1) is 12.8 Å². The van der Waals surface area contributed by atoms with Gasteiger partial charge in [-0.3, -0.25) is 14.2 Å². The normalized spacial score (nSPS) is 13.2. The molecule has 4 N–H and O–H groups in total. The summed E-state index contributed by atoms with van der Waals surface area (Å²) < 4.78 is 21.0. The van der Waals surface area contributed by atoms with E-state index in [0.29, 0.717) is 0 Å². The zero-order chi connectivity index (χ0) is 18.9. The smallest absolute Gasteiger partial charge is 0.329 e. The molecule has 0 saturated heterocycles. The van der Waals surface area contributed by atoms with Gasteiger partial charge in [0.2, 0.25) is 0 Å². The lowest BCUT2D eigenvalue weighted by molar-refractivity contribution is -0.145. The summed E-state index contributed by atoms with van der Waals surface area (Å²) in [6.45, 7) is 1.20. The van der Waals surface area contributed by atoms with Gasteiger partial charge in [0.15, 0.2) is 0 Å². The van der Waals surface area contributed by atoms with Crippen molar-refractivity contribution in [2.24, 2.45) is 5.73 Å². The fourth-order valence-electron chi connectivity index (χ4n) is 1.95. The van der Waals surface area contributed by atoms with Crippen LogP contribution in [0.25, 0.3) is 0 Å². The van der Waals surface area contributed by atoms with E-state index in [-0.39, 0.29) is 25.2 Å². The van der Waals surface area contributed by atoms with Crippen LogP contribution in [-0.4, -0.2) is 40.5 Å². The highest BCUT2D eigenvalue weighted by Gasteiger charge is 2.20. The van der Waals surface area contributed by atoms with Crippen molar-refractivity contribution in [3.63, 3.8) is 0 Å². The predicted octanol–water partition coefficient (Wildman–Crippen LogP) is 1.11. The van der Waals surface area contributed by atoms with E-state index in [1.807, 2.05) is 6.07 Å². The highest BCUT2D eigenvalue weighted by Crippen LogP contribution is 2.37. The van der Waals surface area contributed by atoms with E-state index >= 15 is 0 Å². The maximum absolute atomic E-state index is 11.9. The lowest BCUT2D eigenvalue weighted by Crippen LogP contribution is -2.31. The molecule has 0 bridgehead atoms. The van der Waals surface area contributed by atoms with Gasteiger partial charge < -0.3 is 25.0 Å². The Morgan fingerprint density at radius 1 is 1.24 bits per heavy atom. The van der Waals surface area contributed by atoms with Gasteiger partial charge in [0.1, 0.15) is 12.6 Å². The number of esters is 2. The van der Waals surface area contributed by atoms with Crippen LogP contribution in [-0.2, 0) is 30.2 Å². The number of benzene rings is 1. The summed E-state index contributed by atoms with van der Waals surface area (Å²) in [7, 11) is -4.35. The molecule has 0 amide bonds. The third-order valence-electron chi connectivity index (χ3n) is 3.05. The number of hydrogen-bond donors (Lipinski definition) is 3. The van der Waals surface area contributed by atoms with Gasteiger partial charge in [0, 0.05) is 13.3 Å². The van der Waals surface area contributed by atoms with Crippen LogP contribution in [0.2, 0.25) is 0 Å². The number of ether oxygens (including phenoxy) is 2. The summed E-state index contributed by atoms with van der Waals surface area (Å²) in [5.74, 6) is -1.23. The lowest BCUT2D eigenvalue weighted by atomic mass is 10.1. The Kier molecular flexibility index (Phi) is 8.51. The zero-order valence-electron chi connectivity index (χ0n) is 13.8. The molecule has 1 aromatic rings. The summed E-state index contributed by atoms with van der Waals surface area (Å²) in [5.41, 5.74) is 6.73. The number of hydrogen-bond acceptors (Lipinski definition) is 6. The van der Waals surface area contributed by atoms with Crippen LogP contribution < -0.4 is 5.73 Å². The first kappa shape index (κ1) is 21.1. The van der Waals surface area contributed by atoms with Crippen molar-refractivity contribution in [2.75, 3.05) is 12.8 Å². The van der Waals surface area contributed by atoms with E-state index in [1.54, 1.807) is 24.3 Å². The Hall–Kier alpha value is -1.99. The molecule has 1 aromatic carbocycles. The summed E-state index contributed by atoms with van der Waals surface area (Å²) in [5, 5.41) is 0. The average molecular weight is 371 g/mol. The summed E-state index contributed by atoms with van der Waals surface area (Å²) >= 11 is 0. The standard InChI is InChI=1S/C16H22NO7P/c1-12(18)23-8-7-14(11-25(20,21)22)9-15(17)16(19)24-10-13-5-3-2-4-6-13/h2-6,9,15H,7-8,10-11,17H2,1H3,(H2,20,21,22). The minimum absolute atomic E-state index is 0.0441. The fraction of sp³-hybridized carbons (Fsp3) is 0.375. The van der Waals surface area contributed by atoms with Crippen molar-refractivity contribution in [2.45, 2.75) is 26.0 Å². The molecule has 0 saturated carbocycles. The quantitative estimate of drug-likeness (QED) is 0.334. The van der Waals surface area contributed by atoms with E-state index in [4.69, 9.17) is 25.0 Å². The summed E-state index contributed by atoms with van der Waals surface area (Å²) in [6, 6.07) is 7.83. The first-order valence-corrected chi connectivity index (χ1v) is 9.31. The molecule has 0 radical (unpaired) electrons. The molecule has 0 aromatic heterocycles. The average Bonchev–Trinajstić information content (AvgIpc) is 2.51. The number of nitrogens with two attached hydrogens (primary N) is 1. The van der Waals surface area contributed by atoms with Crippen LogP contribution in [0.1, 0.15) is 18.9 Å². The van der Waals surface area contributed by atoms with Gasteiger partial charge in [-0.1, -0.05) is 42.0 Å². The summed E-state index contributed by atoms with van der Waals surface area (Å²) in [6.07, 6.45) is 0.716. The molecule has 9 heteroatoms. The molecule has 0 fully saturated rings. The first-order valence-electron chi connectivity index (χ1n) is 7.51. The highest BCUT2D eigenvalue weighted by molar-refractivity contribution is 7.52. The fourth-order valence-corrected chi connectivity index (χ4v) is 2.75. The zero-order valence-corrected chi connectivity index (χ0v) is 14.7. The largest absolute Gasteiger partial charge is 0.466 e. The van der Waals surface area contributed by atoms with Crippen LogP contribution in [0.5, 0.6) is 0 Å².